The van der Waals surface area contributed by atoms with Crippen molar-refractivity contribution in [2.24, 2.45) is 5.73 Å². The fraction of sp³-hybridized carbons (Fsp3) is 0.444. The molecule has 2 aromatic rings. The van der Waals surface area contributed by atoms with E-state index >= 15 is 0 Å². The van der Waals surface area contributed by atoms with Gasteiger partial charge < -0.3 is 22.1 Å². The highest BCUT2D eigenvalue weighted by Gasteiger charge is 2.33. The standard InChI is InChI=1S/C18H21F3N6/c19-18(20,21)9-6-12(23)15(13(24)7-9)16-25-14-3-1-2-11(14)17(26-16)27-5-4-10(22)8-27/h6-7,10H,1-5,8,22-24H2. The Morgan fingerprint density at radius 3 is 2.37 bits per heavy atom. The molecule has 1 unspecified atom stereocenters. The van der Waals surface area contributed by atoms with Crippen LogP contribution in [0.4, 0.5) is 30.4 Å². The summed E-state index contributed by atoms with van der Waals surface area (Å²) in [6, 6.07) is 1.85. The molecule has 27 heavy (non-hydrogen) atoms. The van der Waals surface area contributed by atoms with Gasteiger partial charge in [0, 0.05) is 41.8 Å². The molecule has 0 radical (unpaired) electrons. The van der Waals surface area contributed by atoms with Crippen LogP contribution in [0.25, 0.3) is 11.4 Å². The van der Waals surface area contributed by atoms with E-state index in [0.29, 0.717) is 6.54 Å². The summed E-state index contributed by atoms with van der Waals surface area (Å²) in [5.74, 6) is 1.08. The molecular weight excluding hydrogens is 357 g/mol. The summed E-state index contributed by atoms with van der Waals surface area (Å²) in [7, 11) is 0. The van der Waals surface area contributed by atoms with Crippen LogP contribution in [0.2, 0.25) is 0 Å². The second kappa shape index (κ2) is 6.26. The highest BCUT2D eigenvalue weighted by molar-refractivity contribution is 5.84. The lowest BCUT2D eigenvalue weighted by atomic mass is 10.0. The monoisotopic (exact) mass is 378 g/mol. The second-order valence-corrected chi connectivity index (χ2v) is 7.17. The van der Waals surface area contributed by atoms with Gasteiger partial charge in [0.2, 0.25) is 0 Å². The van der Waals surface area contributed by atoms with Gasteiger partial charge in [0.05, 0.1) is 11.1 Å². The third kappa shape index (κ3) is 3.16. The summed E-state index contributed by atoms with van der Waals surface area (Å²) >= 11 is 0. The van der Waals surface area contributed by atoms with Crippen molar-refractivity contribution in [1.82, 2.24) is 9.97 Å². The minimum absolute atomic E-state index is 0.0793. The van der Waals surface area contributed by atoms with Crippen molar-refractivity contribution in [1.29, 1.82) is 0 Å². The minimum Gasteiger partial charge on any atom is -0.398 e. The maximum Gasteiger partial charge on any atom is 0.416 e. The summed E-state index contributed by atoms with van der Waals surface area (Å²) in [4.78, 5) is 11.4. The Morgan fingerprint density at radius 2 is 1.78 bits per heavy atom. The van der Waals surface area contributed by atoms with E-state index in [-0.39, 0.29) is 28.8 Å². The van der Waals surface area contributed by atoms with Crippen LogP contribution in [0.5, 0.6) is 0 Å². The summed E-state index contributed by atoms with van der Waals surface area (Å²) in [6.07, 6.45) is -0.986. The normalized spacial score (nSPS) is 19.6. The molecule has 6 N–H and O–H groups in total. The SMILES string of the molecule is Nc1cc(C(F)(F)F)cc(N)c1-c1nc2c(c(N3CCC(N)C3)n1)CCC2. The largest absolute Gasteiger partial charge is 0.416 e. The van der Waals surface area contributed by atoms with Gasteiger partial charge in [0.25, 0.3) is 0 Å². The number of fused-ring (bicyclic) bond motifs is 1. The molecule has 0 spiro atoms. The van der Waals surface area contributed by atoms with Gasteiger partial charge in [-0.1, -0.05) is 0 Å². The van der Waals surface area contributed by atoms with E-state index in [1.165, 1.54) is 0 Å². The molecule has 9 heteroatoms. The molecular formula is C18H21F3N6. The van der Waals surface area contributed by atoms with Crippen LogP contribution in [0, 0.1) is 0 Å². The molecule has 144 valence electrons. The second-order valence-electron chi connectivity index (χ2n) is 7.17. The van der Waals surface area contributed by atoms with Crippen LogP contribution in [-0.2, 0) is 19.0 Å². The average Bonchev–Trinajstić information content (AvgIpc) is 3.21. The Bertz CT molecular complexity index is 872. The number of nitrogens with zero attached hydrogens (tertiary/aromatic N) is 3. The number of alkyl halides is 3. The lowest BCUT2D eigenvalue weighted by Crippen LogP contribution is -2.28. The van der Waals surface area contributed by atoms with E-state index < -0.39 is 11.7 Å². The molecule has 1 fully saturated rings. The summed E-state index contributed by atoms with van der Waals surface area (Å²) in [6.45, 7) is 1.49. The quantitative estimate of drug-likeness (QED) is 0.693. The number of aryl methyl sites for hydroxylation is 1. The van der Waals surface area contributed by atoms with Gasteiger partial charge in [0.15, 0.2) is 5.82 Å². The van der Waals surface area contributed by atoms with Crippen molar-refractivity contribution in [3.8, 4) is 11.4 Å². The van der Waals surface area contributed by atoms with Gasteiger partial charge in [-0.2, -0.15) is 13.2 Å². The molecule has 1 aliphatic heterocycles. The summed E-state index contributed by atoms with van der Waals surface area (Å²) in [5, 5.41) is 0. The first-order valence-corrected chi connectivity index (χ1v) is 8.91. The number of nitrogen functional groups attached to an aromatic ring is 2. The van der Waals surface area contributed by atoms with Crippen LogP contribution in [0.3, 0.4) is 0 Å². The van der Waals surface area contributed by atoms with Gasteiger partial charge in [-0.3, -0.25) is 0 Å². The Labute approximate surface area is 154 Å². The number of halogens is 3. The Hall–Kier alpha value is -2.55. The lowest BCUT2D eigenvalue weighted by Gasteiger charge is -2.22. The predicted molar refractivity (Wildman–Crippen MR) is 98.1 cm³/mol. The fourth-order valence-corrected chi connectivity index (χ4v) is 3.88. The van der Waals surface area contributed by atoms with E-state index in [9.17, 15) is 13.2 Å². The third-order valence-electron chi connectivity index (χ3n) is 5.19. The molecule has 0 bridgehead atoms. The van der Waals surface area contributed by atoms with Gasteiger partial charge in [-0.15, -0.1) is 0 Å². The molecule has 2 heterocycles. The average molecular weight is 378 g/mol. The Kier molecular flexibility index (Phi) is 4.14. The molecule has 0 saturated carbocycles. The van der Waals surface area contributed by atoms with Crippen molar-refractivity contribution in [2.45, 2.75) is 37.9 Å². The van der Waals surface area contributed by atoms with Gasteiger partial charge in [-0.05, 0) is 37.8 Å². The van der Waals surface area contributed by atoms with E-state index in [0.717, 1.165) is 61.4 Å². The lowest BCUT2D eigenvalue weighted by molar-refractivity contribution is -0.137. The first-order valence-electron chi connectivity index (χ1n) is 8.91. The number of hydrogen-bond acceptors (Lipinski definition) is 6. The fourth-order valence-electron chi connectivity index (χ4n) is 3.88. The number of anilines is 3. The summed E-state index contributed by atoms with van der Waals surface area (Å²) < 4.78 is 39.0. The number of aromatic nitrogens is 2. The Morgan fingerprint density at radius 1 is 1.07 bits per heavy atom. The van der Waals surface area contributed by atoms with Crippen molar-refractivity contribution >= 4 is 17.2 Å². The van der Waals surface area contributed by atoms with E-state index in [1.807, 2.05) is 0 Å². The molecule has 0 amide bonds. The maximum atomic E-state index is 13.0. The van der Waals surface area contributed by atoms with Gasteiger partial charge >= 0.3 is 6.18 Å². The molecule has 1 aromatic carbocycles. The zero-order valence-electron chi connectivity index (χ0n) is 14.7. The Balaban J connectivity index is 1.83. The zero-order chi connectivity index (χ0) is 19.3. The van der Waals surface area contributed by atoms with Gasteiger partial charge in [-0.25, -0.2) is 9.97 Å². The zero-order valence-corrected chi connectivity index (χ0v) is 14.7. The van der Waals surface area contributed by atoms with Crippen LogP contribution in [-0.4, -0.2) is 29.1 Å². The van der Waals surface area contributed by atoms with E-state index in [4.69, 9.17) is 17.2 Å². The van der Waals surface area contributed by atoms with Gasteiger partial charge in [0.1, 0.15) is 5.82 Å². The van der Waals surface area contributed by atoms with Crippen molar-refractivity contribution in [3.63, 3.8) is 0 Å². The molecule has 1 aliphatic carbocycles. The first kappa shape index (κ1) is 17.8. The minimum atomic E-state index is -4.52. The molecule has 1 aromatic heterocycles. The van der Waals surface area contributed by atoms with Crippen LogP contribution in [0.15, 0.2) is 12.1 Å². The highest BCUT2D eigenvalue weighted by atomic mass is 19.4. The maximum absolute atomic E-state index is 13.0. The van der Waals surface area contributed by atoms with E-state index in [1.54, 1.807) is 0 Å². The topological polar surface area (TPSA) is 107 Å². The molecule has 4 rings (SSSR count). The predicted octanol–water partition coefficient (Wildman–Crippen LogP) is 2.35. The van der Waals surface area contributed by atoms with Crippen molar-refractivity contribution < 1.29 is 13.2 Å². The van der Waals surface area contributed by atoms with Crippen LogP contribution < -0.4 is 22.1 Å². The molecule has 2 aliphatic rings. The number of rotatable bonds is 2. The smallest absolute Gasteiger partial charge is 0.398 e. The number of nitrogens with two attached hydrogens (primary N) is 3. The van der Waals surface area contributed by atoms with Crippen LogP contribution in [0.1, 0.15) is 29.7 Å². The van der Waals surface area contributed by atoms with Crippen molar-refractivity contribution in [3.05, 3.63) is 29.0 Å². The highest BCUT2D eigenvalue weighted by Crippen LogP contribution is 2.40. The summed E-state index contributed by atoms with van der Waals surface area (Å²) in [5.41, 5.74) is 19.1. The number of hydrogen-bond donors (Lipinski definition) is 3. The molecule has 1 atom stereocenters. The molecule has 6 nitrogen and oxygen atoms in total. The van der Waals surface area contributed by atoms with Crippen molar-refractivity contribution in [2.75, 3.05) is 29.5 Å². The third-order valence-corrected chi connectivity index (χ3v) is 5.19. The van der Waals surface area contributed by atoms with Crippen LogP contribution >= 0.6 is 0 Å². The number of benzene rings is 1. The first-order chi connectivity index (χ1) is 12.7. The van der Waals surface area contributed by atoms with E-state index in [2.05, 4.69) is 14.9 Å². The molecule has 1 saturated heterocycles.